The number of phenolic OH excluding ortho intramolecular Hbond substituents is 1. The van der Waals surface area contributed by atoms with E-state index in [-0.39, 0.29) is 45.0 Å². The van der Waals surface area contributed by atoms with Crippen LogP contribution >= 0.6 is 11.6 Å². The highest BCUT2D eigenvalue weighted by molar-refractivity contribution is 6.32. The number of rotatable bonds is 3. The second-order valence-corrected chi connectivity index (χ2v) is 5.81. The normalized spacial score (nSPS) is 10.9. The smallest absolute Gasteiger partial charge is 0.294 e. The minimum atomic E-state index is -0.793. The van der Waals surface area contributed by atoms with Gasteiger partial charge in [-0.25, -0.2) is 0 Å². The highest BCUT2D eigenvalue weighted by Crippen LogP contribution is 2.31. The molecule has 0 fully saturated rings. The highest BCUT2D eigenvalue weighted by atomic mass is 35.5. The van der Waals surface area contributed by atoms with Crippen LogP contribution in [0.25, 0.3) is 22.8 Å². The lowest BCUT2D eigenvalue weighted by Crippen LogP contribution is -2.23. The molecular formula is C15H11ClN4O6. The van der Waals surface area contributed by atoms with Crippen LogP contribution in [-0.4, -0.2) is 30.1 Å². The predicted octanol–water partition coefficient (Wildman–Crippen LogP) is 2.69. The molecule has 3 aromatic rings. The van der Waals surface area contributed by atoms with Crippen molar-refractivity contribution in [2.24, 2.45) is 0 Å². The van der Waals surface area contributed by atoms with Crippen LogP contribution in [-0.2, 0) is 0 Å². The maximum Gasteiger partial charge on any atom is 0.294 e. The lowest BCUT2D eigenvalue weighted by atomic mass is 10.1. The number of aromatic hydroxyl groups is 1. The molecule has 2 aromatic heterocycles. The molecule has 0 radical (unpaired) electrons. The highest BCUT2D eigenvalue weighted by Gasteiger charge is 2.22. The molecule has 134 valence electrons. The van der Waals surface area contributed by atoms with Crippen molar-refractivity contribution in [1.29, 1.82) is 0 Å². The molecule has 0 saturated carbocycles. The van der Waals surface area contributed by atoms with E-state index in [1.807, 2.05) is 0 Å². The standard InChI is InChI=1S/C15H11ClN4O6/c1-6-11(15(22)19(23)7(2)12(6)16)13-17-14(26-18-13)8-3-9(20(24)25)5-10(21)4-8/h3-5,21,23H,1-2H3. The number of aromatic nitrogens is 3. The van der Waals surface area contributed by atoms with Gasteiger partial charge in [0.2, 0.25) is 5.82 Å². The molecule has 0 aliphatic heterocycles. The Bertz CT molecular complexity index is 1100. The van der Waals surface area contributed by atoms with Gasteiger partial charge in [0.25, 0.3) is 17.1 Å². The molecule has 0 spiro atoms. The monoisotopic (exact) mass is 378 g/mol. The molecule has 0 amide bonds. The van der Waals surface area contributed by atoms with Crippen LogP contribution in [0.5, 0.6) is 5.75 Å². The molecule has 0 atom stereocenters. The van der Waals surface area contributed by atoms with Gasteiger partial charge < -0.3 is 14.8 Å². The number of phenols is 1. The quantitative estimate of drug-likeness (QED) is 0.402. The molecular weight excluding hydrogens is 368 g/mol. The van der Waals surface area contributed by atoms with Crippen molar-refractivity contribution >= 4 is 17.3 Å². The maximum absolute atomic E-state index is 12.3. The number of hydrogen-bond donors (Lipinski definition) is 2. The van der Waals surface area contributed by atoms with Gasteiger partial charge in [-0.2, -0.15) is 9.71 Å². The fourth-order valence-electron chi connectivity index (χ4n) is 2.42. The number of nitro benzene ring substituents is 1. The summed E-state index contributed by atoms with van der Waals surface area (Å²) in [6.45, 7) is 3.02. The van der Waals surface area contributed by atoms with E-state index in [1.54, 1.807) is 6.92 Å². The van der Waals surface area contributed by atoms with Crippen molar-refractivity contribution < 1.29 is 19.8 Å². The van der Waals surface area contributed by atoms with E-state index in [0.29, 0.717) is 10.3 Å². The molecule has 0 bridgehead atoms. The van der Waals surface area contributed by atoms with Crippen LogP contribution in [0.4, 0.5) is 5.69 Å². The van der Waals surface area contributed by atoms with Gasteiger partial charge in [-0.05, 0) is 25.5 Å². The molecule has 0 saturated heterocycles. The van der Waals surface area contributed by atoms with Crippen LogP contribution < -0.4 is 5.56 Å². The lowest BCUT2D eigenvalue weighted by Gasteiger charge is -2.09. The van der Waals surface area contributed by atoms with Crippen LogP contribution in [0.3, 0.4) is 0 Å². The Hall–Kier alpha value is -3.40. The second kappa shape index (κ2) is 6.15. The average Bonchev–Trinajstić information content (AvgIpc) is 3.07. The first-order chi connectivity index (χ1) is 12.2. The topological polar surface area (TPSA) is 145 Å². The SMILES string of the molecule is Cc1c(Cl)c(C)n(O)c(=O)c1-c1noc(-c2cc(O)cc([N+](=O)[O-])c2)n1. The average molecular weight is 379 g/mol. The van der Waals surface area contributed by atoms with Gasteiger partial charge in [-0.15, -0.1) is 0 Å². The first-order valence-electron chi connectivity index (χ1n) is 7.14. The molecule has 1 aromatic carbocycles. The minimum Gasteiger partial charge on any atom is -0.508 e. The molecule has 0 aliphatic rings. The zero-order valence-corrected chi connectivity index (χ0v) is 14.2. The largest absolute Gasteiger partial charge is 0.508 e. The Morgan fingerprint density at radius 3 is 2.65 bits per heavy atom. The zero-order chi connectivity index (χ0) is 19.2. The number of halogens is 1. The van der Waals surface area contributed by atoms with Gasteiger partial charge in [0.15, 0.2) is 0 Å². The summed E-state index contributed by atoms with van der Waals surface area (Å²) in [7, 11) is 0. The van der Waals surface area contributed by atoms with Crippen LogP contribution in [0.2, 0.25) is 5.02 Å². The fraction of sp³-hybridized carbons (Fsp3) is 0.133. The van der Waals surface area contributed by atoms with E-state index in [1.165, 1.54) is 13.0 Å². The van der Waals surface area contributed by atoms with Gasteiger partial charge in [0, 0.05) is 6.07 Å². The van der Waals surface area contributed by atoms with Crippen LogP contribution in [0.15, 0.2) is 27.5 Å². The van der Waals surface area contributed by atoms with Gasteiger partial charge >= 0.3 is 0 Å². The third-order valence-electron chi connectivity index (χ3n) is 3.76. The lowest BCUT2D eigenvalue weighted by molar-refractivity contribution is -0.384. The Morgan fingerprint density at radius 2 is 2.00 bits per heavy atom. The number of benzene rings is 1. The Labute approximate surface area is 150 Å². The van der Waals surface area contributed by atoms with Crippen molar-refractivity contribution in [2.75, 3.05) is 0 Å². The fourth-order valence-corrected chi connectivity index (χ4v) is 2.60. The third kappa shape index (κ3) is 2.75. The summed E-state index contributed by atoms with van der Waals surface area (Å²) in [5.41, 5.74) is -0.645. The first kappa shape index (κ1) is 17.4. The Balaban J connectivity index is 2.16. The van der Waals surface area contributed by atoms with Crippen LogP contribution in [0.1, 0.15) is 11.3 Å². The number of hydrogen-bond acceptors (Lipinski definition) is 8. The molecule has 3 rings (SSSR count). The maximum atomic E-state index is 12.3. The third-order valence-corrected chi connectivity index (χ3v) is 4.31. The number of pyridine rings is 1. The number of nitrogens with zero attached hydrogens (tertiary/aromatic N) is 4. The first-order valence-corrected chi connectivity index (χ1v) is 7.52. The minimum absolute atomic E-state index is 0.0762. The summed E-state index contributed by atoms with van der Waals surface area (Å²) in [5, 5.41) is 34.2. The molecule has 11 heteroatoms. The number of non-ortho nitro benzene ring substituents is 1. The molecule has 2 heterocycles. The summed E-state index contributed by atoms with van der Waals surface area (Å²) >= 11 is 6.10. The van der Waals surface area contributed by atoms with Gasteiger partial charge in [-0.1, -0.05) is 16.8 Å². The molecule has 2 N–H and O–H groups in total. The molecule has 10 nitrogen and oxygen atoms in total. The van der Waals surface area contributed by atoms with E-state index in [4.69, 9.17) is 16.1 Å². The van der Waals surface area contributed by atoms with Crippen molar-refractivity contribution in [3.05, 3.63) is 54.9 Å². The summed E-state index contributed by atoms with van der Waals surface area (Å²) in [6.07, 6.45) is 0. The van der Waals surface area contributed by atoms with Crippen molar-refractivity contribution in [2.45, 2.75) is 13.8 Å². The summed E-state index contributed by atoms with van der Waals surface area (Å²) in [4.78, 5) is 26.6. The Kier molecular flexibility index (Phi) is 4.12. The van der Waals surface area contributed by atoms with E-state index < -0.39 is 10.5 Å². The molecule has 0 aliphatic carbocycles. The van der Waals surface area contributed by atoms with Crippen molar-refractivity contribution in [1.82, 2.24) is 14.9 Å². The molecule has 26 heavy (non-hydrogen) atoms. The van der Waals surface area contributed by atoms with E-state index in [2.05, 4.69) is 10.1 Å². The van der Waals surface area contributed by atoms with E-state index in [9.17, 15) is 25.2 Å². The second-order valence-electron chi connectivity index (χ2n) is 5.43. The zero-order valence-electron chi connectivity index (χ0n) is 13.4. The summed E-state index contributed by atoms with van der Waals surface area (Å²) < 4.78 is 5.42. The Morgan fingerprint density at radius 1 is 1.31 bits per heavy atom. The van der Waals surface area contributed by atoms with E-state index in [0.717, 1.165) is 12.1 Å². The summed E-state index contributed by atoms with van der Waals surface area (Å²) in [5.74, 6) is -0.668. The van der Waals surface area contributed by atoms with Gasteiger partial charge in [-0.3, -0.25) is 14.9 Å². The predicted molar refractivity (Wildman–Crippen MR) is 89.4 cm³/mol. The van der Waals surface area contributed by atoms with Gasteiger partial charge in [0.1, 0.15) is 5.75 Å². The van der Waals surface area contributed by atoms with E-state index >= 15 is 0 Å². The summed E-state index contributed by atoms with van der Waals surface area (Å²) in [6, 6.07) is 3.30. The van der Waals surface area contributed by atoms with Gasteiger partial charge in [0.05, 0.1) is 32.8 Å². The van der Waals surface area contributed by atoms with Crippen LogP contribution in [0, 0.1) is 24.0 Å². The molecule has 0 unspecified atom stereocenters. The van der Waals surface area contributed by atoms with Crippen molar-refractivity contribution in [3.63, 3.8) is 0 Å². The number of nitro groups is 1. The van der Waals surface area contributed by atoms with Crippen molar-refractivity contribution in [3.8, 4) is 28.6 Å².